The Hall–Kier alpha value is -0.370. The zero-order valence-corrected chi connectivity index (χ0v) is 14.8. The van der Waals surface area contributed by atoms with E-state index in [0.717, 1.165) is 38.8 Å². The van der Waals surface area contributed by atoms with E-state index in [-0.39, 0.29) is 5.54 Å². The Morgan fingerprint density at radius 1 is 0.857 bits per heavy atom. The standard InChI is InChI=1S/C19H37NO/c1-4-7-8-9-10-11-12-15-18(21)19(5-2,6-3)20-16-13-14-17-20/h4-17H2,1-3H3. The van der Waals surface area contributed by atoms with Crippen LogP contribution in [-0.4, -0.2) is 29.3 Å². The van der Waals surface area contributed by atoms with Gasteiger partial charge in [-0.25, -0.2) is 0 Å². The molecule has 0 aromatic rings. The molecule has 1 aliphatic heterocycles. The molecule has 0 aromatic carbocycles. The van der Waals surface area contributed by atoms with Crippen LogP contribution in [-0.2, 0) is 4.79 Å². The van der Waals surface area contributed by atoms with Crippen molar-refractivity contribution in [3.8, 4) is 0 Å². The van der Waals surface area contributed by atoms with Gasteiger partial charge in [-0.15, -0.1) is 0 Å². The molecule has 124 valence electrons. The number of ketones is 1. The summed E-state index contributed by atoms with van der Waals surface area (Å²) in [5.74, 6) is 0.517. The van der Waals surface area contributed by atoms with Crippen LogP contribution in [0.15, 0.2) is 0 Å². The first-order valence-electron chi connectivity index (χ1n) is 9.49. The van der Waals surface area contributed by atoms with Gasteiger partial charge in [0, 0.05) is 6.42 Å². The number of Topliss-reactive ketones (excluding diaryl/α,β-unsaturated/α-hetero) is 1. The van der Waals surface area contributed by atoms with E-state index in [2.05, 4.69) is 25.7 Å². The largest absolute Gasteiger partial charge is 0.298 e. The van der Waals surface area contributed by atoms with Crippen LogP contribution in [0.2, 0.25) is 0 Å². The minimum absolute atomic E-state index is 0.140. The van der Waals surface area contributed by atoms with E-state index in [1.807, 2.05) is 0 Å². The molecule has 0 atom stereocenters. The molecule has 2 nitrogen and oxygen atoms in total. The molecule has 0 aliphatic carbocycles. The summed E-state index contributed by atoms with van der Waals surface area (Å²) in [6.07, 6.45) is 14.3. The Morgan fingerprint density at radius 2 is 1.38 bits per heavy atom. The second-order valence-electron chi connectivity index (χ2n) is 6.73. The van der Waals surface area contributed by atoms with Crippen LogP contribution >= 0.6 is 0 Å². The molecular weight excluding hydrogens is 258 g/mol. The number of hydrogen-bond donors (Lipinski definition) is 0. The third-order valence-electron chi connectivity index (χ3n) is 5.41. The van der Waals surface area contributed by atoms with E-state index in [0.29, 0.717) is 5.78 Å². The molecule has 0 radical (unpaired) electrons. The highest BCUT2D eigenvalue weighted by Gasteiger charge is 2.40. The van der Waals surface area contributed by atoms with Gasteiger partial charge >= 0.3 is 0 Å². The summed E-state index contributed by atoms with van der Waals surface area (Å²) in [4.78, 5) is 15.3. The number of hydrogen-bond acceptors (Lipinski definition) is 2. The zero-order valence-electron chi connectivity index (χ0n) is 14.8. The first-order chi connectivity index (χ1) is 10.2. The highest BCUT2D eigenvalue weighted by molar-refractivity contribution is 5.88. The topological polar surface area (TPSA) is 20.3 Å². The second-order valence-corrected chi connectivity index (χ2v) is 6.73. The summed E-state index contributed by atoms with van der Waals surface area (Å²) in [5.41, 5.74) is -0.140. The van der Waals surface area contributed by atoms with Crippen LogP contribution in [0, 0.1) is 0 Å². The van der Waals surface area contributed by atoms with Crippen LogP contribution in [0.4, 0.5) is 0 Å². The lowest BCUT2D eigenvalue weighted by Crippen LogP contribution is -2.52. The Morgan fingerprint density at radius 3 is 1.90 bits per heavy atom. The molecular formula is C19H37NO. The van der Waals surface area contributed by atoms with Crippen molar-refractivity contribution in [2.45, 2.75) is 103 Å². The summed E-state index contributed by atoms with van der Waals surface area (Å²) in [7, 11) is 0. The van der Waals surface area contributed by atoms with Gasteiger partial charge in [-0.3, -0.25) is 9.69 Å². The van der Waals surface area contributed by atoms with Gasteiger partial charge in [-0.1, -0.05) is 59.3 Å². The average Bonchev–Trinajstić information content (AvgIpc) is 3.03. The fourth-order valence-electron chi connectivity index (χ4n) is 3.89. The number of rotatable bonds is 12. The smallest absolute Gasteiger partial charge is 0.153 e. The molecule has 1 rings (SSSR count). The third kappa shape index (κ3) is 5.39. The van der Waals surface area contributed by atoms with E-state index in [1.165, 1.54) is 51.4 Å². The SMILES string of the molecule is CCCCCCCCCC(=O)C(CC)(CC)N1CCCC1. The molecule has 1 aliphatic rings. The number of carbonyl (C=O) groups is 1. The number of unbranched alkanes of at least 4 members (excludes halogenated alkanes) is 6. The first-order valence-corrected chi connectivity index (χ1v) is 9.49. The van der Waals surface area contributed by atoms with Crippen molar-refractivity contribution in [2.24, 2.45) is 0 Å². The van der Waals surface area contributed by atoms with Crippen molar-refractivity contribution in [2.75, 3.05) is 13.1 Å². The zero-order chi connectivity index (χ0) is 15.6. The van der Waals surface area contributed by atoms with Gasteiger partial charge in [0.2, 0.25) is 0 Å². The van der Waals surface area contributed by atoms with Crippen molar-refractivity contribution in [3.05, 3.63) is 0 Å². The van der Waals surface area contributed by atoms with Crippen LogP contribution < -0.4 is 0 Å². The summed E-state index contributed by atoms with van der Waals surface area (Å²) < 4.78 is 0. The summed E-state index contributed by atoms with van der Waals surface area (Å²) >= 11 is 0. The van der Waals surface area contributed by atoms with Crippen molar-refractivity contribution in [1.29, 1.82) is 0 Å². The van der Waals surface area contributed by atoms with Gasteiger partial charge < -0.3 is 0 Å². The van der Waals surface area contributed by atoms with E-state index in [9.17, 15) is 4.79 Å². The lowest BCUT2D eigenvalue weighted by atomic mass is 9.83. The highest BCUT2D eigenvalue weighted by atomic mass is 16.1. The van der Waals surface area contributed by atoms with Gasteiger partial charge in [0.15, 0.2) is 5.78 Å². The quantitative estimate of drug-likeness (QED) is 0.452. The van der Waals surface area contributed by atoms with Gasteiger partial charge in [-0.2, -0.15) is 0 Å². The molecule has 2 heteroatoms. The molecule has 1 fully saturated rings. The first kappa shape index (κ1) is 18.7. The van der Waals surface area contributed by atoms with E-state index >= 15 is 0 Å². The lowest BCUT2D eigenvalue weighted by Gasteiger charge is -2.39. The van der Waals surface area contributed by atoms with Crippen molar-refractivity contribution in [3.63, 3.8) is 0 Å². The Bertz CT molecular complexity index is 277. The number of nitrogens with zero attached hydrogens (tertiary/aromatic N) is 1. The second kappa shape index (κ2) is 10.4. The predicted molar refractivity (Wildman–Crippen MR) is 91.7 cm³/mol. The fourth-order valence-corrected chi connectivity index (χ4v) is 3.89. The summed E-state index contributed by atoms with van der Waals surface area (Å²) in [6.45, 7) is 8.91. The van der Waals surface area contributed by atoms with Gasteiger partial charge in [-0.05, 0) is 45.2 Å². The van der Waals surface area contributed by atoms with E-state index < -0.39 is 0 Å². The Kier molecular flexibility index (Phi) is 9.23. The average molecular weight is 296 g/mol. The number of carbonyl (C=O) groups excluding carboxylic acids is 1. The fraction of sp³-hybridized carbons (Fsp3) is 0.947. The van der Waals surface area contributed by atoms with Crippen LogP contribution in [0.25, 0.3) is 0 Å². The third-order valence-corrected chi connectivity index (χ3v) is 5.41. The maximum absolute atomic E-state index is 12.8. The molecule has 0 spiro atoms. The van der Waals surface area contributed by atoms with Crippen molar-refractivity contribution < 1.29 is 4.79 Å². The maximum Gasteiger partial charge on any atom is 0.153 e. The molecule has 0 N–H and O–H groups in total. The molecule has 1 saturated heterocycles. The Labute approximate surface area is 132 Å². The maximum atomic E-state index is 12.8. The molecule has 0 amide bonds. The van der Waals surface area contributed by atoms with E-state index in [1.54, 1.807) is 0 Å². The predicted octanol–water partition coefficient (Wildman–Crippen LogP) is 5.35. The van der Waals surface area contributed by atoms with Crippen molar-refractivity contribution >= 4 is 5.78 Å². The van der Waals surface area contributed by atoms with Crippen LogP contribution in [0.1, 0.15) is 97.8 Å². The minimum Gasteiger partial charge on any atom is -0.298 e. The molecule has 0 unspecified atom stereocenters. The molecule has 0 aromatic heterocycles. The summed E-state index contributed by atoms with van der Waals surface area (Å²) in [6, 6.07) is 0. The normalized spacial score (nSPS) is 16.5. The lowest BCUT2D eigenvalue weighted by molar-refractivity contribution is -0.131. The van der Waals surface area contributed by atoms with E-state index in [4.69, 9.17) is 0 Å². The molecule has 21 heavy (non-hydrogen) atoms. The van der Waals surface area contributed by atoms with Gasteiger partial charge in [0.1, 0.15) is 0 Å². The highest BCUT2D eigenvalue weighted by Crippen LogP contribution is 2.31. The Balaban J connectivity index is 2.33. The van der Waals surface area contributed by atoms with Crippen LogP contribution in [0.3, 0.4) is 0 Å². The minimum atomic E-state index is -0.140. The molecule has 1 heterocycles. The number of likely N-dealkylation sites (tertiary alicyclic amines) is 1. The monoisotopic (exact) mass is 295 g/mol. The van der Waals surface area contributed by atoms with Gasteiger partial charge in [0.25, 0.3) is 0 Å². The molecule has 0 bridgehead atoms. The molecule has 0 saturated carbocycles. The summed E-state index contributed by atoms with van der Waals surface area (Å²) in [5, 5.41) is 0. The van der Waals surface area contributed by atoms with Crippen LogP contribution in [0.5, 0.6) is 0 Å². The van der Waals surface area contributed by atoms with Crippen molar-refractivity contribution in [1.82, 2.24) is 4.90 Å². The van der Waals surface area contributed by atoms with Gasteiger partial charge in [0.05, 0.1) is 5.54 Å².